The molecule has 2 heterocycles. The van der Waals surface area contributed by atoms with E-state index in [0.29, 0.717) is 30.9 Å². The first-order valence-corrected chi connectivity index (χ1v) is 5.88. The molecule has 6 heteroatoms. The molecule has 0 radical (unpaired) electrons. The Morgan fingerprint density at radius 1 is 1.61 bits per heavy atom. The molecular weight excluding hydrogens is 232 g/mol. The third-order valence-corrected chi connectivity index (χ3v) is 3.09. The summed E-state index contributed by atoms with van der Waals surface area (Å²) < 4.78 is 0. The molecule has 2 rings (SSSR count). The van der Waals surface area contributed by atoms with Gasteiger partial charge in [-0.2, -0.15) is 0 Å². The number of rotatable bonds is 2. The lowest BCUT2D eigenvalue weighted by atomic mass is 10.1. The average Bonchev–Trinajstić information content (AvgIpc) is 2.67. The minimum atomic E-state index is -0.785. The van der Waals surface area contributed by atoms with Crippen molar-refractivity contribution in [1.29, 1.82) is 0 Å². The number of anilines is 1. The van der Waals surface area contributed by atoms with Gasteiger partial charge < -0.3 is 15.4 Å². The van der Waals surface area contributed by atoms with Gasteiger partial charge in [0.05, 0.1) is 5.60 Å². The predicted octanol–water partition coefficient (Wildman–Crippen LogP) is 0.273. The highest BCUT2D eigenvalue weighted by atomic mass is 16.3. The zero-order chi connectivity index (χ0) is 13.3. The number of carbonyl (C=O) groups is 1. The number of carbonyl (C=O) groups excluding carboxylic acids is 1. The van der Waals surface area contributed by atoms with Crippen LogP contribution in [0, 0.1) is 6.92 Å². The van der Waals surface area contributed by atoms with Gasteiger partial charge in [0.1, 0.15) is 5.82 Å². The van der Waals surface area contributed by atoms with Crippen LogP contribution in [0.25, 0.3) is 0 Å². The van der Waals surface area contributed by atoms with E-state index in [1.54, 1.807) is 30.9 Å². The van der Waals surface area contributed by atoms with E-state index >= 15 is 0 Å². The van der Waals surface area contributed by atoms with Crippen LogP contribution in [-0.2, 0) is 0 Å². The van der Waals surface area contributed by atoms with E-state index in [2.05, 4.69) is 10.4 Å². The number of nitrogens with two attached hydrogens (primary N) is 1. The van der Waals surface area contributed by atoms with Crippen molar-refractivity contribution in [3.63, 3.8) is 0 Å². The van der Waals surface area contributed by atoms with E-state index in [0.717, 1.165) is 5.69 Å². The maximum atomic E-state index is 12.3. The smallest absolute Gasteiger partial charge is 0.254 e. The summed E-state index contributed by atoms with van der Waals surface area (Å²) in [7, 11) is 0. The van der Waals surface area contributed by atoms with Crippen LogP contribution >= 0.6 is 0 Å². The lowest BCUT2D eigenvalue weighted by Crippen LogP contribution is -2.34. The molecule has 1 atom stereocenters. The Kier molecular flexibility index (Phi) is 3.23. The van der Waals surface area contributed by atoms with Gasteiger partial charge in [0.2, 0.25) is 0 Å². The lowest BCUT2D eigenvalue weighted by molar-refractivity contribution is 0.0572. The Morgan fingerprint density at radius 2 is 2.33 bits per heavy atom. The number of likely N-dealkylation sites (tertiary alicyclic amines) is 1. The summed E-state index contributed by atoms with van der Waals surface area (Å²) in [6.07, 6.45) is 0.602. The summed E-state index contributed by atoms with van der Waals surface area (Å²) in [4.78, 5) is 18.1. The van der Waals surface area contributed by atoms with Gasteiger partial charge in [0.25, 0.3) is 5.91 Å². The van der Waals surface area contributed by atoms with Crippen LogP contribution in [0.3, 0.4) is 0 Å². The number of nitrogens with one attached hydrogen (secondary N) is 1. The Bertz CT molecular complexity index is 473. The van der Waals surface area contributed by atoms with Gasteiger partial charge in [-0.3, -0.25) is 4.79 Å². The maximum Gasteiger partial charge on any atom is 0.254 e. The number of aromatic nitrogens is 1. The SMILES string of the molecule is Cc1cc(C(=O)N2CCC(C)(O)C2)cc(NN)n1. The molecule has 1 aliphatic heterocycles. The van der Waals surface area contributed by atoms with Crippen LogP contribution in [0.2, 0.25) is 0 Å². The summed E-state index contributed by atoms with van der Waals surface area (Å²) >= 11 is 0. The van der Waals surface area contributed by atoms with Gasteiger partial charge in [0, 0.05) is 24.3 Å². The molecule has 0 aromatic carbocycles. The fourth-order valence-corrected chi connectivity index (χ4v) is 2.17. The number of hydrogen-bond acceptors (Lipinski definition) is 5. The molecule has 6 nitrogen and oxygen atoms in total. The fraction of sp³-hybridized carbons (Fsp3) is 0.500. The molecule has 0 aliphatic carbocycles. The molecule has 98 valence electrons. The first kappa shape index (κ1) is 12.8. The molecule has 4 N–H and O–H groups in total. The summed E-state index contributed by atoms with van der Waals surface area (Å²) in [6, 6.07) is 3.33. The number of nitrogen functional groups attached to an aromatic ring is 1. The van der Waals surface area contributed by atoms with Crippen molar-refractivity contribution in [3.05, 3.63) is 23.4 Å². The van der Waals surface area contributed by atoms with Crippen LogP contribution in [-0.4, -0.2) is 39.6 Å². The van der Waals surface area contributed by atoms with Gasteiger partial charge in [0.15, 0.2) is 0 Å². The maximum absolute atomic E-state index is 12.3. The highest BCUT2D eigenvalue weighted by Crippen LogP contribution is 2.22. The van der Waals surface area contributed by atoms with Gasteiger partial charge in [-0.25, -0.2) is 10.8 Å². The first-order chi connectivity index (χ1) is 8.41. The first-order valence-electron chi connectivity index (χ1n) is 5.88. The van der Waals surface area contributed by atoms with Crippen LogP contribution in [0.1, 0.15) is 29.4 Å². The molecule has 1 aliphatic rings. The summed E-state index contributed by atoms with van der Waals surface area (Å²) in [5, 5.41) is 9.88. The number of hydrazine groups is 1. The van der Waals surface area contributed by atoms with Crippen LogP contribution in [0.5, 0.6) is 0 Å². The van der Waals surface area contributed by atoms with Gasteiger partial charge in [-0.1, -0.05) is 0 Å². The van der Waals surface area contributed by atoms with Crippen molar-refractivity contribution in [2.45, 2.75) is 25.9 Å². The summed E-state index contributed by atoms with van der Waals surface area (Å²) in [5.41, 5.74) is 2.91. The van der Waals surface area contributed by atoms with Crippen LogP contribution in [0.4, 0.5) is 5.82 Å². The molecule has 18 heavy (non-hydrogen) atoms. The molecule has 1 unspecified atom stereocenters. The lowest BCUT2D eigenvalue weighted by Gasteiger charge is -2.19. The average molecular weight is 250 g/mol. The number of nitrogens with zero attached hydrogens (tertiary/aromatic N) is 2. The zero-order valence-corrected chi connectivity index (χ0v) is 10.6. The third-order valence-electron chi connectivity index (χ3n) is 3.09. The van der Waals surface area contributed by atoms with E-state index in [9.17, 15) is 9.90 Å². The number of β-amino-alcohol motifs (C(OH)–C–C–N with tert-alkyl or cyclic N) is 1. The Balaban J connectivity index is 2.21. The molecule has 1 aromatic rings. The van der Waals surface area contributed by atoms with Crippen LogP contribution < -0.4 is 11.3 Å². The van der Waals surface area contributed by atoms with Crippen molar-refractivity contribution in [3.8, 4) is 0 Å². The van der Waals surface area contributed by atoms with E-state index < -0.39 is 5.60 Å². The Hall–Kier alpha value is -1.66. The normalized spacial score (nSPS) is 23.2. The Morgan fingerprint density at radius 3 is 2.89 bits per heavy atom. The van der Waals surface area contributed by atoms with Gasteiger partial charge in [-0.15, -0.1) is 0 Å². The van der Waals surface area contributed by atoms with Gasteiger partial charge >= 0.3 is 0 Å². The topological polar surface area (TPSA) is 91.5 Å². The van der Waals surface area contributed by atoms with Gasteiger partial charge in [-0.05, 0) is 32.4 Å². The molecule has 0 saturated carbocycles. The standard InChI is InChI=1S/C12H18N4O2/c1-8-5-9(6-10(14-8)15-13)11(17)16-4-3-12(2,18)7-16/h5-6,18H,3-4,7,13H2,1-2H3,(H,14,15). The van der Waals surface area contributed by atoms with Crippen molar-refractivity contribution in [1.82, 2.24) is 9.88 Å². The van der Waals surface area contributed by atoms with Crippen molar-refractivity contribution in [2.24, 2.45) is 5.84 Å². The second kappa shape index (κ2) is 4.55. The second-order valence-electron chi connectivity index (χ2n) is 5.00. The van der Waals surface area contributed by atoms with E-state index in [-0.39, 0.29) is 5.91 Å². The molecule has 1 amide bonds. The summed E-state index contributed by atoms with van der Waals surface area (Å²) in [6.45, 7) is 4.47. The molecule has 0 bridgehead atoms. The molecule has 1 aromatic heterocycles. The number of pyridine rings is 1. The van der Waals surface area contributed by atoms with Crippen LogP contribution in [0.15, 0.2) is 12.1 Å². The number of hydrogen-bond donors (Lipinski definition) is 3. The fourth-order valence-electron chi connectivity index (χ4n) is 2.17. The second-order valence-corrected chi connectivity index (χ2v) is 5.00. The van der Waals surface area contributed by atoms with Crippen molar-refractivity contribution < 1.29 is 9.90 Å². The number of aryl methyl sites for hydroxylation is 1. The number of aliphatic hydroxyl groups is 1. The predicted molar refractivity (Wildman–Crippen MR) is 67.9 cm³/mol. The molecule has 1 fully saturated rings. The molecule has 1 saturated heterocycles. The third kappa shape index (κ3) is 2.60. The van der Waals surface area contributed by atoms with Crippen molar-refractivity contribution in [2.75, 3.05) is 18.5 Å². The molecule has 0 spiro atoms. The van der Waals surface area contributed by atoms with Crippen molar-refractivity contribution >= 4 is 11.7 Å². The summed E-state index contributed by atoms with van der Waals surface area (Å²) in [5.74, 6) is 5.67. The largest absolute Gasteiger partial charge is 0.388 e. The highest BCUT2D eigenvalue weighted by Gasteiger charge is 2.34. The highest BCUT2D eigenvalue weighted by molar-refractivity contribution is 5.95. The van der Waals surface area contributed by atoms with E-state index in [1.165, 1.54) is 0 Å². The zero-order valence-electron chi connectivity index (χ0n) is 10.6. The quantitative estimate of drug-likeness (QED) is 0.518. The van der Waals surface area contributed by atoms with E-state index in [1.807, 2.05) is 0 Å². The number of amides is 1. The van der Waals surface area contributed by atoms with E-state index in [4.69, 9.17) is 5.84 Å². The molecular formula is C12H18N4O2. The minimum absolute atomic E-state index is 0.102. The minimum Gasteiger partial charge on any atom is -0.388 e. The Labute approximate surface area is 106 Å². The monoisotopic (exact) mass is 250 g/mol.